The molecule has 0 amide bonds. The average Bonchev–Trinajstić information content (AvgIpc) is 2.77. The normalized spacial score (nSPS) is 10.4. The smallest absolute Gasteiger partial charge is 0.261 e. The molecule has 2 heterocycles. The largest absolute Gasteiger partial charge is 0.299 e. The van der Waals surface area contributed by atoms with Gasteiger partial charge in [-0.25, -0.2) is 9.97 Å². The summed E-state index contributed by atoms with van der Waals surface area (Å²) in [6.07, 6.45) is 8.39. The Hall–Kier alpha value is -3.52. The molecular weight excluding hydrogens is 372 g/mol. The van der Waals surface area contributed by atoms with Gasteiger partial charge < -0.3 is 0 Å². The van der Waals surface area contributed by atoms with Gasteiger partial charge in [-0.05, 0) is 42.2 Å². The summed E-state index contributed by atoms with van der Waals surface area (Å²) in [5, 5.41) is 9.54. The quantitative estimate of drug-likeness (QED) is 0.528. The highest BCUT2D eigenvalue weighted by molar-refractivity contribution is 5.76. The summed E-state index contributed by atoms with van der Waals surface area (Å²) >= 11 is 0. The molecule has 0 aliphatic heterocycles. The maximum Gasteiger partial charge on any atom is 0.261 e. The van der Waals surface area contributed by atoms with Crippen LogP contribution < -0.4 is 5.56 Å². The molecule has 0 fully saturated rings. The van der Waals surface area contributed by atoms with E-state index in [-0.39, 0.29) is 5.56 Å². The minimum atomic E-state index is -0.0189. The van der Waals surface area contributed by atoms with E-state index in [4.69, 9.17) is 5.26 Å². The van der Waals surface area contributed by atoms with Crippen molar-refractivity contribution in [3.05, 3.63) is 94.3 Å². The topological polar surface area (TPSA) is 71.6 Å². The predicted octanol–water partition coefficient (Wildman–Crippen LogP) is 4.96. The van der Waals surface area contributed by atoms with Crippen LogP contribution in [-0.2, 0) is 13.0 Å². The molecular formula is C25H26N4O. The maximum atomic E-state index is 13.2. The van der Waals surface area contributed by atoms with Crippen LogP contribution in [0.15, 0.2) is 71.9 Å². The van der Waals surface area contributed by atoms with Gasteiger partial charge in [0.1, 0.15) is 11.8 Å². The molecule has 0 N–H and O–H groups in total. The van der Waals surface area contributed by atoms with Crippen molar-refractivity contribution in [1.82, 2.24) is 14.5 Å². The van der Waals surface area contributed by atoms with Gasteiger partial charge in [0, 0.05) is 12.7 Å². The van der Waals surface area contributed by atoms with Gasteiger partial charge in [0.05, 0.1) is 17.2 Å². The first-order chi connectivity index (χ1) is 14.7. The van der Waals surface area contributed by atoms with Crippen molar-refractivity contribution >= 4 is 10.9 Å². The number of pyridine rings is 1. The molecule has 152 valence electrons. The van der Waals surface area contributed by atoms with Crippen molar-refractivity contribution in [3.8, 4) is 6.07 Å². The molecule has 0 aliphatic carbocycles. The Labute approximate surface area is 177 Å². The highest BCUT2D eigenvalue weighted by Crippen LogP contribution is 2.11. The Morgan fingerprint density at radius 3 is 2.53 bits per heavy atom. The van der Waals surface area contributed by atoms with Crippen LogP contribution in [0.2, 0.25) is 0 Å². The molecule has 3 aromatic rings. The predicted molar refractivity (Wildman–Crippen MR) is 120 cm³/mol. The van der Waals surface area contributed by atoms with E-state index in [1.807, 2.05) is 54.6 Å². The first-order valence-corrected chi connectivity index (χ1v) is 10.4. The third kappa shape index (κ3) is 5.74. The first-order valence-electron chi connectivity index (χ1n) is 10.4. The van der Waals surface area contributed by atoms with Crippen molar-refractivity contribution in [2.24, 2.45) is 0 Å². The molecule has 1 aromatic carbocycles. The zero-order chi connectivity index (χ0) is 21.2. The molecule has 0 bridgehead atoms. The molecule has 5 heteroatoms. The lowest BCUT2D eigenvalue weighted by atomic mass is 10.1. The van der Waals surface area contributed by atoms with E-state index in [2.05, 4.69) is 16.9 Å². The standard InChI is InChI=1S/C25H26N4O/c1-2-3-4-9-14-29-19-28-24-11-8-6-5-7-10-20(16-23(24)25(29)30)15-21-12-13-22(17-26)27-18-21/h5-8,10-13,16,18-19H,2-4,9,14-15H2,1H3. The first kappa shape index (κ1) is 21.2. The van der Waals surface area contributed by atoms with Crippen LogP contribution in [0.1, 0.15) is 49.4 Å². The van der Waals surface area contributed by atoms with Crippen LogP contribution in [-0.4, -0.2) is 14.5 Å². The van der Waals surface area contributed by atoms with Crippen LogP contribution in [0, 0.1) is 11.3 Å². The van der Waals surface area contributed by atoms with E-state index in [0.717, 1.165) is 30.4 Å². The summed E-state index contributed by atoms with van der Waals surface area (Å²) in [6.45, 7) is 2.86. The van der Waals surface area contributed by atoms with Crippen molar-refractivity contribution in [1.29, 1.82) is 5.26 Å². The second-order valence-electron chi connectivity index (χ2n) is 7.27. The molecule has 0 spiro atoms. The van der Waals surface area contributed by atoms with Crippen LogP contribution in [0.4, 0.5) is 0 Å². The van der Waals surface area contributed by atoms with Crippen LogP contribution in [0.3, 0.4) is 0 Å². The number of rotatable bonds is 7. The van der Waals surface area contributed by atoms with Crippen molar-refractivity contribution < 1.29 is 0 Å². The van der Waals surface area contributed by atoms with E-state index in [0.29, 0.717) is 29.6 Å². The number of nitrogens with zero attached hydrogens (tertiary/aromatic N) is 4. The second-order valence-corrected chi connectivity index (χ2v) is 7.27. The molecule has 0 radical (unpaired) electrons. The molecule has 0 saturated carbocycles. The molecule has 0 atom stereocenters. The van der Waals surface area contributed by atoms with Crippen LogP contribution in [0.5, 0.6) is 0 Å². The fraction of sp³-hybridized carbons (Fsp3) is 0.280. The third-order valence-electron chi connectivity index (χ3n) is 4.93. The van der Waals surface area contributed by atoms with E-state index in [1.165, 1.54) is 6.42 Å². The minimum Gasteiger partial charge on any atom is -0.299 e. The Balaban J connectivity index is 2.04. The number of aryl methyl sites for hydroxylation is 1. The molecule has 3 rings (SSSR count). The minimum absolute atomic E-state index is 0.0189. The number of aromatic nitrogens is 3. The summed E-state index contributed by atoms with van der Waals surface area (Å²) in [7, 11) is 0. The highest BCUT2D eigenvalue weighted by Gasteiger charge is 2.04. The zero-order valence-corrected chi connectivity index (χ0v) is 17.3. The van der Waals surface area contributed by atoms with E-state index >= 15 is 0 Å². The summed E-state index contributed by atoms with van der Waals surface area (Å²) in [6, 6.07) is 19.1. The summed E-state index contributed by atoms with van der Waals surface area (Å²) in [5.41, 5.74) is 3.00. The Morgan fingerprint density at radius 1 is 0.967 bits per heavy atom. The molecule has 0 unspecified atom stereocenters. The van der Waals surface area contributed by atoms with Gasteiger partial charge in [-0.1, -0.05) is 62.6 Å². The maximum absolute atomic E-state index is 13.2. The average molecular weight is 399 g/mol. The molecule has 2 aromatic heterocycles. The van der Waals surface area contributed by atoms with Crippen LogP contribution >= 0.6 is 0 Å². The molecule has 30 heavy (non-hydrogen) atoms. The van der Waals surface area contributed by atoms with Gasteiger partial charge in [0.25, 0.3) is 5.56 Å². The summed E-state index contributed by atoms with van der Waals surface area (Å²) in [4.78, 5) is 21.9. The Morgan fingerprint density at radius 2 is 1.80 bits per heavy atom. The van der Waals surface area contributed by atoms with Crippen molar-refractivity contribution in [2.45, 2.75) is 45.6 Å². The second kappa shape index (κ2) is 10.9. The van der Waals surface area contributed by atoms with Crippen molar-refractivity contribution in [3.63, 3.8) is 0 Å². The number of hydrogen-bond donors (Lipinski definition) is 0. The van der Waals surface area contributed by atoms with Gasteiger partial charge in [-0.3, -0.25) is 9.36 Å². The summed E-state index contributed by atoms with van der Waals surface area (Å²) in [5.74, 6) is 0. The number of unbranched alkanes of at least 4 members (excludes halogenated alkanes) is 3. The monoisotopic (exact) mass is 398 g/mol. The highest BCUT2D eigenvalue weighted by atomic mass is 16.1. The van der Waals surface area contributed by atoms with Gasteiger partial charge in [-0.2, -0.15) is 5.26 Å². The fourth-order valence-corrected chi connectivity index (χ4v) is 3.28. The Bertz CT molecular complexity index is 1140. The van der Waals surface area contributed by atoms with Gasteiger partial charge in [0.15, 0.2) is 0 Å². The zero-order valence-electron chi connectivity index (χ0n) is 17.3. The number of hydrogen-bond acceptors (Lipinski definition) is 4. The number of fused-ring (bicyclic) bond motifs is 1. The van der Waals surface area contributed by atoms with Gasteiger partial charge >= 0.3 is 0 Å². The molecule has 0 saturated heterocycles. The van der Waals surface area contributed by atoms with E-state index in [1.54, 1.807) is 23.2 Å². The van der Waals surface area contributed by atoms with Gasteiger partial charge in [-0.15, -0.1) is 0 Å². The third-order valence-corrected chi connectivity index (χ3v) is 4.93. The SMILES string of the molecule is CCCCCCn1cnc2ccccccc(Cc3ccc(C#N)nc3)cc2c1=O. The number of nitriles is 1. The van der Waals surface area contributed by atoms with Gasteiger partial charge in [0.2, 0.25) is 0 Å². The fourth-order valence-electron chi connectivity index (χ4n) is 3.28. The van der Waals surface area contributed by atoms with Crippen LogP contribution in [0.25, 0.3) is 10.9 Å². The van der Waals surface area contributed by atoms with Crippen molar-refractivity contribution in [2.75, 3.05) is 0 Å². The Kier molecular flexibility index (Phi) is 7.68. The lowest BCUT2D eigenvalue weighted by Crippen LogP contribution is -2.20. The lowest BCUT2D eigenvalue weighted by molar-refractivity contribution is 0.567. The molecule has 5 nitrogen and oxygen atoms in total. The van der Waals surface area contributed by atoms with E-state index in [9.17, 15) is 4.79 Å². The lowest BCUT2D eigenvalue weighted by Gasteiger charge is -2.06. The van der Waals surface area contributed by atoms with E-state index < -0.39 is 0 Å². The molecule has 0 aliphatic rings. The summed E-state index contributed by atoms with van der Waals surface area (Å²) < 4.78 is 1.71.